The molecule has 6 nitrogen and oxygen atoms in total. The molecule has 0 radical (unpaired) electrons. The van der Waals surface area contributed by atoms with Gasteiger partial charge in [-0.1, -0.05) is 55.6 Å². The molecule has 2 amide bonds. The number of hydrogen-bond acceptors (Lipinski definition) is 4. The average Bonchev–Trinajstić information content (AvgIpc) is 2.89. The van der Waals surface area contributed by atoms with Crippen LogP contribution in [0.4, 0.5) is 11.4 Å². The third-order valence-electron chi connectivity index (χ3n) is 5.41. The van der Waals surface area contributed by atoms with E-state index >= 15 is 0 Å². The minimum absolute atomic E-state index is 0.221. The molecule has 6 heteroatoms. The molecule has 36 heavy (non-hydrogen) atoms. The first kappa shape index (κ1) is 24.3. The fourth-order valence-corrected chi connectivity index (χ4v) is 3.38. The number of rotatable bonds is 7. The molecular formula is C30H26N4O2. The zero-order valence-electron chi connectivity index (χ0n) is 20.2. The monoisotopic (exact) mass is 474 g/mol. The van der Waals surface area contributed by atoms with Gasteiger partial charge in [0.2, 0.25) is 0 Å². The van der Waals surface area contributed by atoms with E-state index in [9.17, 15) is 9.59 Å². The quantitative estimate of drug-likeness (QED) is 0.299. The van der Waals surface area contributed by atoms with E-state index in [-0.39, 0.29) is 11.8 Å². The lowest BCUT2D eigenvalue weighted by Crippen LogP contribution is -2.11. The van der Waals surface area contributed by atoms with Gasteiger partial charge in [-0.15, -0.1) is 0 Å². The van der Waals surface area contributed by atoms with Crippen molar-refractivity contribution in [2.45, 2.75) is 13.8 Å². The molecule has 0 bridgehead atoms. The number of aromatic nitrogens is 2. The third-order valence-corrected chi connectivity index (χ3v) is 5.41. The zero-order valence-corrected chi connectivity index (χ0v) is 20.2. The largest absolute Gasteiger partial charge is 0.322 e. The lowest BCUT2D eigenvalue weighted by atomic mass is 10.1. The van der Waals surface area contributed by atoms with Crippen LogP contribution >= 0.6 is 0 Å². The first-order valence-corrected chi connectivity index (χ1v) is 11.4. The Balaban J connectivity index is 1.70. The molecule has 0 aliphatic heterocycles. The summed E-state index contributed by atoms with van der Waals surface area (Å²) in [6, 6.07) is 26.7. The van der Waals surface area contributed by atoms with Crippen molar-refractivity contribution in [3.05, 3.63) is 109 Å². The van der Waals surface area contributed by atoms with Crippen molar-refractivity contribution in [3.8, 4) is 33.9 Å². The van der Waals surface area contributed by atoms with Crippen LogP contribution in [0.5, 0.6) is 0 Å². The molecule has 3 aromatic carbocycles. The molecule has 0 aliphatic carbocycles. The summed E-state index contributed by atoms with van der Waals surface area (Å²) < 4.78 is 0. The molecule has 2 N–H and O–H groups in total. The van der Waals surface area contributed by atoms with Crippen molar-refractivity contribution in [1.29, 1.82) is 0 Å². The van der Waals surface area contributed by atoms with Gasteiger partial charge in [0.15, 0.2) is 5.82 Å². The fraction of sp³-hybridized carbons (Fsp3) is 0.0667. The summed E-state index contributed by atoms with van der Waals surface area (Å²) in [5.74, 6) is 0.111. The Hall–Kier alpha value is -4.84. The van der Waals surface area contributed by atoms with E-state index < -0.39 is 0 Å². The van der Waals surface area contributed by atoms with Crippen LogP contribution in [0.15, 0.2) is 109 Å². The molecular weight excluding hydrogens is 448 g/mol. The minimum atomic E-state index is -0.227. The maximum absolute atomic E-state index is 11.9. The molecule has 0 atom stereocenters. The number of carbonyl (C=O) groups excluding carboxylic acids is 2. The van der Waals surface area contributed by atoms with Crippen molar-refractivity contribution in [2.75, 3.05) is 10.6 Å². The predicted molar refractivity (Wildman–Crippen MR) is 145 cm³/mol. The summed E-state index contributed by atoms with van der Waals surface area (Å²) in [5.41, 5.74) is 6.42. The van der Waals surface area contributed by atoms with E-state index in [1.165, 1.54) is 0 Å². The van der Waals surface area contributed by atoms with Crippen LogP contribution in [-0.4, -0.2) is 21.8 Å². The van der Waals surface area contributed by atoms with Crippen LogP contribution < -0.4 is 10.6 Å². The fourth-order valence-electron chi connectivity index (χ4n) is 3.38. The molecule has 0 unspecified atom stereocenters. The van der Waals surface area contributed by atoms with E-state index in [1.807, 2.05) is 84.9 Å². The summed E-state index contributed by atoms with van der Waals surface area (Å²) in [6.07, 6.45) is 0. The van der Waals surface area contributed by atoms with E-state index in [2.05, 4.69) is 23.8 Å². The minimum Gasteiger partial charge on any atom is -0.322 e. The Morgan fingerprint density at radius 1 is 0.611 bits per heavy atom. The molecule has 178 valence electrons. The van der Waals surface area contributed by atoms with E-state index in [0.29, 0.717) is 28.3 Å². The summed E-state index contributed by atoms with van der Waals surface area (Å²) in [6.45, 7) is 10.7. The second-order valence-electron chi connectivity index (χ2n) is 8.45. The van der Waals surface area contributed by atoms with E-state index in [4.69, 9.17) is 9.97 Å². The molecule has 0 fully saturated rings. The van der Waals surface area contributed by atoms with E-state index in [0.717, 1.165) is 28.1 Å². The molecule has 0 spiro atoms. The number of carbonyl (C=O) groups is 2. The van der Waals surface area contributed by atoms with Gasteiger partial charge < -0.3 is 10.6 Å². The van der Waals surface area contributed by atoms with Gasteiger partial charge in [0.25, 0.3) is 11.8 Å². The highest BCUT2D eigenvalue weighted by Crippen LogP contribution is 2.28. The first-order valence-electron chi connectivity index (χ1n) is 11.4. The second-order valence-corrected chi connectivity index (χ2v) is 8.45. The summed E-state index contributed by atoms with van der Waals surface area (Å²) in [5, 5.41) is 5.62. The number of nitrogens with zero attached hydrogens (tertiary/aromatic N) is 2. The molecule has 0 saturated heterocycles. The summed E-state index contributed by atoms with van der Waals surface area (Å²) in [4.78, 5) is 33.5. The van der Waals surface area contributed by atoms with Gasteiger partial charge in [0, 0.05) is 39.2 Å². The van der Waals surface area contributed by atoms with Crippen molar-refractivity contribution in [2.24, 2.45) is 0 Å². The predicted octanol–water partition coefficient (Wildman–Crippen LogP) is 6.51. The molecule has 4 rings (SSSR count). The summed E-state index contributed by atoms with van der Waals surface area (Å²) in [7, 11) is 0. The smallest absolute Gasteiger partial charge is 0.250 e. The maximum atomic E-state index is 11.9. The van der Waals surface area contributed by atoms with Crippen molar-refractivity contribution >= 4 is 23.2 Å². The topological polar surface area (TPSA) is 84.0 Å². The average molecular weight is 475 g/mol. The van der Waals surface area contributed by atoms with Crippen molar-refractivity contribution in [3.63, 3.8) is 0 Å². The van der Waals surface area contributed by atoms with Crippen molar-refractivity contribution < 1.29 is 9.59 Å². The third kappa shape index (κ3) is 5.80. The van der Waals surface area contributed by atoms with Gasteiger partial charge in [0.05, 0.1) is 11.4 Å². The Morgan fingerprint density at radius 2 is 1.03 bits per heavy atom. The maximum Gasteiger partial charge on any atom is 0.250 e. The lowest BCUT2D eigenvalue weighted by Gasteiger charge is -2.11. The number of benzene rings is 3. The van der Waals surface area contributed by atoms with Crippen LogP contribution in [-0.2, 0) is 9.59 Å². The Bertz CT molecular complexity index is 1350. The number of amides is 2. The van der Waals surface area contributed by atoms with Gasteiger partial charge in [-0.2, -0.15) is 0 Å². The Kier molecular flexibility index (Phi) is 7.16. The van der Waals surface area contributed by atoms with Gasteiger partial charge in [-0.3, -0.25) is 9.59 Å². The van der Waals surface area contributed by atoms with E-state index in [1.54, 1.807) is 13.8 Å². The highest BCUT2D eigenvalue weighted by atomic mass is 16.2. The van der Waals surface area contributed by atoms with Gasteiger partial charge in [-0.25, -0.2) is 9.97 Å². The second kappa shape index (κ2) is 10.6. The Labute approximate surface area is 210 Å². The number of hydrogen-bond donors (Lipinski definition) is 2. The number of anilines is 2. The van der Waals surface area contributed by atoms with Crippen LogP contribution in [0.2, 0.25) is 0 Å². The van der Waals surface area contributed by atoms with Gasteiger partial charge in [0.1, 0.15) is 0 Å². The molecule has 0 saturated carbocycles. The molecule has 0 aliphatic rings. The first-order chi connectivity index (χ1) is 17.3. The van der Waals surface area contributed by atoms with Crippen LogP contribution in [0, 0.1) is 0 Å². The lowest BCUT2D eigenvalue weighted by molar-refractivity contribution is -0.113. The molecule has 4 aromatic rings. The molecule has 1 heterocycles. The Morgan fingerprint density at radius 3 is 1.47 bits per heavy atom. The van der Waals surface area contributed by atoms with Gasteiger partial charge >= 0.3 is 0 Å². The number of nitrogens with one attached hydrogen (secondary N) is 2. The van der Waals surface area contributed by atoms with Crippen LogP contribution in [0.1, 0.15) is 13.8 Å². The SMILES string of the molecule is C=C(C)C(=O)Nc1ccc(-c2cc(-c3ccccc3)nc(-c3ccc(NC(=O)C(=C)C)cc3)n2)cc1. The summed E-state index contributed by atoms with van der Waals surface area (Å²) >= 11 is 0. The van der Waals surface area contributed by atoms with Crippen molar-refractivity contribution in [1.82, 2.24) is 9.97 Å². The highest BCUT2D eigenvalue weighted by Gasteiger charge is 2.12. The zero-order chi connectivity index (χ0) is 25.7. The highest BCUT2D eigenvalue weighted by molar-refractivity contribution is 6.03. The van der Waals surface area contributed by atoms with Gasteiger partial charge in [-0.05, 0) is 56.3 Å². The standard InChI is InChI=1S/C30H26N4O2/c1-19(2)29(35)31-24-14-10-22(11-15-24)27-18-26(21-8-6-5-7-9-21)33-28(34-27)23-12-16-25(17-13-23)32-30(36)20(3)4/h5-18H,1,3H2,2,4H3,(H,31,35)(H,32,36). The normalized spacial score (nSPS) is 10.4. The van der Waals surface area contributed by atoms with Crippen LogP contribution in [0.3, 0.4) is 0 Å². The van der Waals surface area contributed by atoms with Crippen LogP contribution in [0.25, 0.3) is 33.9 Å². The molecule has 1 aromatic heterocycles.